The van der Waals surface area contributed by atoms with Gasteiger partial charge in [-0.05, 0) is 84.3 Å². The van der Waals surface area contributed by atoms with Crippen molar-refractivity contribution in [3.8, 4) is 0 Å². The summed E-state index contributed by atoms with van der Waals surface area (Å²) in [5.41, 5.74) is 2.02. The van der Waals surface area contributed by atoms with E-state index in [0.717, 1.165) is 61.6 Å². The summed E-state index contributed by atoms with van der Waals surface area (Å²) in [5, 5.41) is 11.2. The van der Waals surface area contributed by atoms with E-state index in [1.807, 2.05) is 6.07 Å². The van der Waals surface area contributed by atoms with Crippen molar-refractivity contribution < 1.29 is 31.9 Å². The van der Waals surface area contributed by atoms with Crippen molar-refractivity contribution in [3.63, 3.8) is 0 Å². The Kier molecular flexibility index (Phi) is 8.28. The van der Waals surface area contributed by atoms with Crippen LogP contribution in [0.3, 0.4) is 0 Å². The zero-order chi connectivity index (χ0) is 33.2. The maximum atomic E-state index is 14.9. The molecule has 2 unspecified atom stereocenters. The number of fused-ring (bicyclic) bond motifs is 4. The Balaban J connectivity index is 1.08. The summed E-state index contributed by atoms with van der Waals surface area (Å²) in [5.74, 6) is -5.96. The van der Waals surface area contributed by atoms with Gasteiger partial charge in [0.2, 0.25) is 0 Å². The Hall–Kier alpha value is -2.88. The fourth-order valence-corrected chi connectivity index (χ4v) is 9.75. The average Bonchev–Trinajstić information content (AvgIpc) is 3.33. The summed E-state index contributed by atoms with van der Waals surface area (Å²) in [6.45, 7) is 7.24. The van der Waals surface area contributed by atoms with Crippen LogP contribution in [0.4, 0.5) is 22.0 Å². The lowest BCUT2D eigenvalue weighted by Gasteiger charge is -2.53. The Morgan fingerprint density at radius 3 is 2.06 bits per heavy atom. The molecule has 0 amide bonds. The number of hydrogen-bond acceptors (Lipinski definition) is 4. The van der Waals surface area contributed by atoms with E-state index in [1.54, 1.807) is 6.08 Å². The van der Waals surface area contributed by atoms with E-state index in [-0.39, 0.29) is 30.5 Å². The van der Waals surface area contributed by atoms with Crippen LogP contribution in [0.1, 0.15) is 74.5 Å². The molecule has 0 aromatic heterocycles. The van der Waals surface area contributed by atoms with Crippen molar-refractivity contribution in [1.82, 2.24) is 9.80 Å². The van der Waals surface area contributed by atoms with E-state index in [4.69, 9.17) is 0 Å². The van der Waals surface area contributed by atoms with Crippen LogP contribution in [-0.2, 0) is 17.9 Å². The third-order valence-corrected chi connectivity index (χ3v) is 12.3. The molecule has 3 fully saturated rings. The summed E-state index contributed by atoms with van der Waals surface area (Å²) in [7, 11) is 0. The third kappa shape index (κ3) is 5.50. The third-order valence-electron chi connectivity index (χ3n) is 12.3. The van der Waals surface area contributed by atoms with Gasteiger partial charge < -0.3 is 5.11 Å². The molecule has 1 heterocycles. The summed E-state index contributed by atoms with van der Waals surface area (Å²) >= 11 is 0. The van der Waals surface area contributed by atoms with Crippen LogP contribution in [0.25, 0.3) is 0 Å². The minimum absolute atomic E-state index is 0.0562. The maximum Gasteiger partial charge on any atom is 0.456 e. The fourth-order valence-electron chi connectivity index (χ4n) is 9.75. The predicted octanol–water partition coefficient (Wildman–Crippen LogP) is 7.83. The van der Waals surface area contributed by atoms with E-state index in [0.29, 0.717) is 25.7 Å². The number of piperazine rings is 1. The molecule has 1 N–H and O–H groups in total. The molecule has 0 radical (unpaired) electrons. The number of aliphatic hydroxyl groups is 1. The normalized spacial score (nSPS) is 32.1. The Morgan fingerprint density at radius 1 is 0.830 bits per heavy atom. The van der Waals surface area contributed by atoms with Crippen LogP contribution < -0.4 is 0 Å². The summed E-state index contributed by atoms with van der Waals surface area (Å²) in [6, 6.07) is 19.0. The molecule has 4 nitrogen and oxygen atoms in total. The highest BCUT2D eigenvalue weighted by molar-refractivity contribution is 5.94. The van der Waals surface area contributed by atoms with E-state index in [2.05, 4.69) is 58.3 Å². The number of nitrogens with zero attached hydrogens (tertiary/aromatic N) is 2. The molecule has 7 rings (SSSR count). The lowest BCUT2D eigenvalue weighted by atomic mass is 9.53. The monoisotopic (exact) mass is 654 g/mol. The molecule has 9 heteroatoms. The SMILES string of the molecule is C[C@]12CCC3=C4C(=CC(=O)CC4c4ccc(CN5CCN(Cc6ccccc6)CC5)cc4)CC[C@H]3[C@@H]1CCC2(O)C(F)(F)C(F)(F)F. The molecule has 5 atom stereocenters. The Labute approximate surface area is 273 Å². The van der Waals surface area contributed by atoms with Gasteiger partial charge in [0.25, 0.3) is 0 Å². The van der Waals surface area contributed by atoms with Gasteiger partial charge in [-0.2, -0.15) is 22.0 Å². The highest BCUT2D eigenvalue weighted by atomic mass is 19.4. The van der Waals surface area contributed by atoms with Gasteiger partial charge in [-0.3, -0.25) is 14.6 Å². The standard InChI is InChI=1S/C38H43F5N2O2/c1-35-15-13-31-30(33(35)14-16-36(35,47)37(39,40)38(41,42)43)12-11-28-21-29(46)22-32(34(28)31)27-9-7-26(8-10-27)24-45-19-17-44(18-20-45)23-25-5-3-2-4-6-25/h2-10,21,30,32-33,47H,11-20,22-24H2,1H3/t30-,32?,33+,35+,36?/m1/s1. The van der Waals surface area contributed by atoms with Gasteiger partial charge in [-0.1, -0.05) is 67.1 Å². The molecule has 252 valence electrons. The number of ketones is 1. The molecule has 2 saturated carbocycles. The highest BCUT2D eigenvalue weighted by Crippen LogP contribution is 2.68. The highest BCUT2D eigenvalue weighted by Gasteiger charge is 2.78. The molecule has 2 aromatic rings. The maximum absolute atomic E-state index is 14.9. The van der Waals surface area contributed by atoms with Gasteiger partial charge in [0.1, 0.15) is 5.60 Å². The number of halogens is 5. The van der Waals surface area contributed by atoms with E-state index in [9.17, 15) is 31.9 Å². The molecule has 2 aromatic carbocycles. The molecule has 5 aliphatic rings. The Morgan fingerprint density at radius 2 is 1.45 bits per heavy atom. The number of carbonyl (C=O) groups excluding carboxylic acids is 1. The van der Waals surface area contributed by atoms with E-state index >= 15 is 0 Å². The summed E-state index contributed by atoms with van der Waals surface area (Å²) in [6.07, 6.45) is -2.66. The lowest BCUT2D eigenvalue weighted by molar-refractivity contribution is -0.362. The first kappa shape index (κ1) is 32.7. The molecular formula is C38H43F5N2O2. The minimum atomic E-state index is -5.82. The molecule has 1 saturated heterocycles. The van der Waals surface area contributed by atoms with E-state index < -0.39 is 35.5 Å². The zero-order valence-corrected chi connectivity index (χ0v) is 26.8. The van der Waals surface area contributed by atoms with Gasteiger partial charge in [-0.25, -0.2) is 0 Å². The van der Waals surface area contributed by atoms with Crippen LogP contribution in [0.5, 0.6) is 0 Å². The van der Waals surface area contributed by atoms with Gasteiger partial charge in [0, 0.05) is 57.0 Å². The molecule has 1 aliphatic heterocycles. The molecule has 0 spiro atoms. The second-order valence-corrected chi connectivity index (χ2v) is 14.8. The van der Waals surface area contributed by atoms with Crippen LogP contribution in [0.15, 0.2) is 77.4 Å². The van der Waals surface area contributed by atoms with Crippen LogP contribution >= 0.6 is 0 Å². The van der Waals surface area contributed by atoms with Crippen molar-refractivity contribution >= 4 is 5.78 Å². The molecular weight excluding hydrogens is 611 g/mol. The number of alkyl halides is 5. The number of hydrogen-bond donors (Lipinski definition) is 1. The van der Waals surface area contributed by atoms with Crippen molar-refractivity contribution in [1.29, 1.82) is 0 Å². The van der Waals surface area contributed by atoms with Crippen LogP contribution in [-0.4, -0.2) is 64.6 Å². The first-order valence-electron chi connectivity index (χ1n) is 17.0. The van der Waals surface area contributed by atoms with Crippen molar-refractivity contribution in [2.75, 3.05) is 26.2 Å². The smallest absolute Gasteiger partial charge is 0.383 e. The quantitative estimate of drug-likeness (QED) is 0.323. The second kappa shape index (κ2) is 11.9. The molecule has 0 bridgehead atoms. The second-order valence-electron chi connectivity index (χ2n) is 14.8. The number of rotatable bonds is 6. The summed E-state index contributed by atoms with van der Waals surface area (Å²) < 4.78 is 70.5. The first-order chi connectivity index (χ1) is 22.3. The van der Waals surface area contributed by atoms with Gasteiger partial charge in [0.05, 0.1) is 0 Å². The van der Waals surface area contributed by atoms with Gasteiger partial charge in [-0.15, -0.1) is 0 Å². The van der Waals surface area contributed by atoms with Crippen LogP contribution in [0.2, 0.25) is 0 Å². The topological polar surface area (TPSA) is 43.8 Å². The minimum Gasteiger partial charge on any atom is -0.383 e. The number of carbonyl (C=O) groups is 1. The average molecular weight is 655 g/mol. The predicted molar refractivity (Wildman–Crippen MR) is 170 cm³/mol. The van der Waals surface area contributed by atoms with Gasteiger partial charge in [0.15, 0.2) is 5.78 Å². The van der Waals surface area contributed by atoms with E-state index in [1.165, 1.54) is 18.1 Å². The molecule has 4 aliphatic carbocycles. The van der Waals surface area contributed by atoms with Crippen molar-refractivity contribution in [3.05, 3.63) is 94.1 Å². The van der Waals surface area contributed by atoms with Gasteiger partial charge >= 0.3 is 12.1 Å². The van der Waals surface area contributed by atoms with Crippen LogP contribution in [0, 0.1) is 17.3 Å². The zero-order valence-electron chi connectivity index (χ0n) is 26.8. The number of benzene rings is 2. The van der Waals surface area contributed by atoms with Crippen molar-refractivity contribution in [2.45, 2.75) is 88.6 Å². The largest absolute Gasteiger partial charge is 0.456 e. The van der Waals surface area contributed by atoms with Crippen molar-refractivity contribution in [2.24, 2.45) is 17.3 Å². The molecule has 47 heavy (non-hydrogen) atoms. The Bertz CT molecular complexity index is 1560. The first-order valence-corrected chi connectivity index (χ1v) is 17.0. The lowest BCUT2D eigenvalue weighted by Crippen LogP contribution is -2.64. The fraction of sp³-hybridized carbons (Fsp3) is 0.553. The summed E-state index contributed by atoms with van der Waals surface area (Å²) in [4.78, 5) is 17.9. The number of allylic oxidation sites excluding steroid dienone is 4.